The molecular weight excluding hydrogens is 322 g/mol. The van der Waals surface area contributed by atoms with Crippen LogP contribution in [0.25, 0.3) is 0 Å². The van der Waals surface area contributed by atoms with Crippen LogP contribution in [-0.4, -0.2) is 35.9 Å². The fourth-order valence-electron chi connectivity index (χ4n) is 2.35. The summed E-state index contributed by atoms with van der Waals surface area (Å²) < 4.78 is 5.75. The molecule has 0 aliphatic carbocycles. The number of hydrogen-bond donors (Lipinski definition) is 1. The summed E-state index contributed by atoms with van der Waals surface area (Å²) in [7, 11) is 1.80. The molecule has 2 aromatic rings. The zero-order chi connectivity index (χ0) is 17.7. The minimum atomic E-state index is -0.110. The van der Waals surface area contributed by atoms with Gasteiger partial charge in [0.15, 0.2) is 0 Å². The molecule has 130 valence electrons. The third-order valence-corrected chi connectivity index (χ3v) is 4.52. The van der Waals surface area contributed by atoms with Gasteiger partial charge < -0.3 is 15.4 Å². The maximum absolute atomic E-state index is 12.6. The number of aromatic nitrogens is 1. The minimum Gasteiger partial charge on any atom is -0.487 e. The number of carbonyl (C=O) groups excluding carboxylic acids is 1. The van der Waals surface area contributed by atoms with E-state index >= 15 is 0 Å². The molecule has 24 heavy (non-hydrogen) atoms. The number of amides is 1. The summed E-state index contributed by atoms with van der Waals surface area (Å²) in [5, 5.41) is 2.99. The van der Waals surface area contributed by atoms with Crippen LogP contribution in [0.2, 0.25) is 0 Å². The molecule has 2 N–H and O–H groups in total. The lowest BCUT2D eigenvalue weighted by molar-refractivity contribution is 0.0740. The molecule has 0 atom stereocenters. The largest absolute Gasteiger partial charge is 0.487 e. The highest BCUT2D eigenvalue weighted by Gasteiger charge is 2.22. The first-order valence-electron chi connectivity index (χ1n) is 7.90. The van der Waals surface area contributed by atoms with Gasteiger partial charge >= 0.3 is 0 Å². The van der Waals surface area contributed by atoms with Crippen molar-refractivity contribution in [3.05, 3.63) is 45.9 Å². The van der Waals surface area contributed by atoms with E-state index in [9.17, 15) is 4.79 Å². The number of benzene rings is 1. The van der Waals surface area contributed by atoms with Gasteiger partial charge in [-0.1, -0.05) is 19.9 Å². The van der Waals surface area contributed by atoms with Crippen molar-refractivity contribution in [1.29, 1.82) is 0 Å². The normalized spacial score (nSPS) is 11.4. The number of ether oxygens (including phenoxy) is 1. The van der Waals surface area contributed by atoms with Crippen molar-refractivity contribution in [2.45, 2.75) is 27.4 Å². The number of nitrogens with zero attached hydrogens (tertiary/aromatic N) is 2. The summed E-state index contributed by atoms with van der Waals surface area (Å²) in [5.74, 6) is 0.629. The smallest absolute Gasteiger partial charge is 0.253 e. The molecule has 0 bridgehead atoms. The maximum Gasteiger partial charge on any atom is 0.253 e. The lowest BCUT2D eigenvalue weighted by atomic mass is 9.93. The lowest BCUT2D eigenvalue weighted by Gasteiger charge is -2.29. The number of hydrogen-bond acceptors (Lipinski definition) is 5. The first-order chi connectivity index (χ1) is 11.3. The van der Waals surface area contributed by atoms with Crippen molar-refractivity contribution in [3.8, 4) is 5.75 Å². The van der Waals surface area contributed by atoms with Crippen LogP contribution < -0.4 is 10.5 Å². The van der Waals surface area contributed by atoms with Gasteiger partial charge in [0.25, 0.3) is 5.91 Å². The van der Waals surface area contributed by atoms with E-state index in [-0.39, 0.29) is 11.3 Å². The molecule has 0 unspecified atom stereocenters. The molecule has 0 fully saturated rings. The monoisotopic (exact) mass is 347 g/mol. The molecular formula is C18H25N3O2S. The Kier molecular flexibility index (Phi) is 5.96. The van der Waals surface area contributed by atoms with Crippen LogP contribution in [0.3, 0.4) is 0 Å². The van der Waals surface area contributed by atoms with Crippen molar-refractivity contribution >= 4 is 17.2 Å². The van der Waals surface area contributed by atoms with Crippen molar-refractivity contribution in [2.24, 2.45) is 11.1 Å². The summed E-state index contributed by atoms with van der Waals surface area (Å²) in [4.78, 5) is 18.7. The Bertz CT molecular complexity index is 697. The van der Waals surface area contributed by atoms with Gasteiger partial charge in [-0.05, 0) is 37.1 Å². The van der Waals surface area contributed by atoms with Gasteiger partial charge in [0, 0.05) is 24.5 Å². The summed E-state index contributed by atoms with van der Waals surface area (Å²) in [6.07, 6.45) is 0. The molecule has 1 aromatic heterocycles. The highest BCUT2D eigenvalue weighted by molar-refractivity contribution is 7.09. The number of nitrogens with two attached hydrogens (primary N) is 1. The molecule has 0 saturated carbocycles. The van der Waals surface area contributed by atoms with Crippen LogP contribution in [0.1, 0.15) is 34.9 Å². The first-order valence-corrected chi connectivity index (χ1v) is 8.78. The molecule has 6 heteroatoms. The Morgan fingerprint density at radius 1 is 1.42 bits per heavy atom. The quantitative estimate of drug-likeness (QED) is 0.836. The van der Waals surface area contributed by atoms with Gasteiger partial charge in [-0.25, -0.2) is 4.98 Å². The van der Waals surface area contributed by atoms with E-state index in [0.717, 1.165) is 10.7 Å². The minimum absolute atomic E-state index is 0.0357. The van der Waals surface area contributed by atoms with Crippen molar-refractivity contribution in [2.75, 3.05) is 20.1 Å². The Morgan fingerprint density at radius 3 is 2.79 bits per heavy atom. The Balaban J connectivity index is 2.02. The summed E-state index contributed by atoms with van der Waals surface area (Å²) in [6.45, 7) is 7.59. The number of rotatable bonds is 7. The lowest BCUT2D eigenvalue weighted by Crippen LogP contribution is -2.39. The number of thiazole rings is 1. The molecule has 1 heterocycles. The number of aryl methyl sites for hydroxylation is 1. The summed E-state index contributed by atoms with van der Waals surface area (Å²) in [5.41, 5.74) is 7.15. The molecule has 2 rings (SSSR count). The van der Waals surface area contributed by atoms with E-state index in [1.165, 1.54) is 0 Å². The van der Waals surface area contributed by atoms with Gasteiger partial charge in [0.2, 0.25) is 0 Å². The van der Waals surface area contributed by atoms with Crippen LogP contribution in [0.5, 0.6) is 5.75 Å². The van der Waals surface area contributed by atoms with E-state index in [1.807, 2.05) is 38.3 Å². The second kappa shape index (κ2) is 7.77. The SMILES string of the molecule is Cc1nc(COc2cccc(C(=O)N(C)CC(C)(C)CN)c2)cs1. The molecule has 0 saturated heterocycles. The molecule has 0 spiro atoms. The van der Waals surface area contributed by atoms with Gasteiger partial charge in [-0.2, -0.15) is 0 Å². The standard InChI is InChI=1S/C18H25N3O2S/c1-13-20-15(10-24-13)9-23-16-7-5-6-14(8-16)17(22)21(4)12-18(2,3)11-19/h5-8,10H,9,11-12,19H2,1-4H3. The molecule has 0 aliphatic rings. The van der Waals surface area contributed by atoms with Gasteiger partial charge in [-0.15, -0.1) is 11.3 Å². The van der Waals surface area contributed by atoms with E-state index < -0.39 is 0 Å². The average molecular weight is 347 g/mol. The summed E-state index contributed by atoms with van der Waals surface area (Å²) in [6, 6.07) is 7.25. The van der Waals surface area contributed by atoms with Crippen molar-refractivity contribution in [3.63, 3.8) is 0 Å². The van der Waals surface area contributed by atoms with Crippen LogP contribution in [-0.2, 0) is 6.61 Å². The van der Waals surface area contributed by atoms with Crippen molar-refractivity contribution < 1.29 is 9.53 Å². The van der Waals surface area contributed by atoms with Crippen LogP contribution in [0.4, 0.5) is 0 Å². The van der Waals surface area contributed by atoms with E-state index in [4.69, 9.17) is 10.5 Å². The zero-order valence-corrected chi connectivity index (χ0v) is 15.5. The first kappa shape index (κ1) is 18.4. The van der Waals surface area contributed by atoms with Gasteiger partial charge in [0.05, 0.1) is 10.7 Å². The predicted octanol–water partition coefficient (Wildman–Crippen LogP) is 3.09. The Labute approximate surface area is 147 Å². The second-order valence-corrected chi connectivity index (χ2v) is 7.77. The fraction of sp³-hybridized carbons (Fsp3) is 0.444. The van der Waals surface area contributed by atoms with E-state index in [2.05, 4.69) is 4.98 Å². The molecule has 1 aromatic carbocycles. The fourth-order valence-corrected chi connectivity index (χ4v) is 2.95. The Morgan fingerprint density at radius 2 is 2.17 bits per heavy atom. The maximum atomic E-state index is 12.6. The third-order valence-electron chi connectivity index (χ3n) is 3.70. The molecule has 5 nitrogen and oxygen atoms in total. The van der Waals surface area contributed by atoms with Crippen LogP contribution in [0, 0.1) is 12.3 Å². The van der Waals surface area contributed by atoms with E-state index in [1.54, 1.807) is 35.4 Å². The molecule has 0 radical (unpaired) electrons. The second-order valence-electron chi connectivity index (χ2n) is 6.70. The predicted molar refractivity (Wildman–Crippen MR) is 97.4 cm³/mol. The average Bonchev–Trinajstić information content (AvgIpc) is 2.97. The van der Waals surface area contributed by atoms with Gasteiger partial charge in [0.1, 0.15) is 12.4 Å². The summed E-state index contributed by atoms with van der Waals surface area (Å²) >= 11 is 1.60. The molecule has 1 amide bonds. The zero-order valence-electron chi connectivity index (χ0n) is 14.7. The Hall–Kier alpha value is -1.92. The highest BCUT2D eigenvalue weighted by atomic mass is 32.1. The highest BCUT2D eigenvalue weighted by Crippen LogP contribution is 2.19. The third kappa shape index (κ3) is 5.04. The van der Waals surface area contributed by atoms with Crippen LogP contribution in [0.15, 0.2) is 29.6 Å². The van der Waals surface area contributed by atoms with Crippen LogP contribution >= 0.6 is 11.3 Å². The van der Waals surface area contributed by atoms with Gasteiger partial charge in [-0.3, -0.25) is 4.79 Å². The van der Waals surface area contributed by atoms with E-state index in [0.29, 0.717) is 31.0 Å². The molecule has 0 aliphatic heterocycles. The van der Waals surface area contributed by atoms with Crippen molar-refractivity contribution in [1.82, 2.24) is 9.88 Å². The number of carbonyl (C=O) groups is 1. The topological polar surface area (TPSA) is 68.5 Å².